The number of hydrogen-bond donors (Lipinski definition) is 3. The highest BCUT2D eigenvalue weighted by molar-refractivity contribution is 6.09. The van der Waals surface area contributed by atoms with Crippen LogP contribution in [0.15, 0.2) is 262 Å². The van der Waals surface area contributed by atoms with E-state index in [0.717, 1.165) is 134 Å². The number of rotatable bonds is 12. The molecule has 1 aliphatic heterocycles. The molecule has 83 heavy (non-hydrogen) atoms. The molecule has 0 atom stereocenters. The van der Waals surface area contributed by atoms with Crippen LogP contribution >= 0.6 is 0 Å². The first-order valence-corrected chi connectivity index (χ1v) is 27.5. The first-order chi connectivity index (χ1) is 41.1. The number of pyridine rings is 4. The molecular weight excluding hydrogens is 1020 g/mol. The van der Waals surface area contributed by atoms with Crippen LogP contribution in [0.3, 0.4) is 0 Å². The Morgan fingerprint density at radius 1 is 0.349 bits per heavy atom. The monoisotopic (exact) mass is 1070 g/mol. The Labute approximate surface area is 478 Å². The van der Waals surface area contributed by atoms with Crippen LogP contribution in [0.25, 0.3) is 135 Å². The van der Waals surface area contributed by atoms with E-state index in [2.05, 4.69) is 217 Å². The molecule has 0 fully saturated rings. The van der Waals surface area contributed by atoms with E-state index in [9.17, 15) is 0 Å². The van der Waals surface area contributed by atoms with E-state index in [4.69, 9.17) is 19.9 Å². The molecule has 0 aliphatic carbocycles. The first-order valence-electron chi connectivity index (χ1n) is 27.5. The zero-order valence-electron chi connectivity index (χ0n) is 44.7. The molecule has 0 saturated carbocycles. The lowest BCUT2D eigenvalue weighted by atomic mass is 9.93. The Bertz CT molecular complexity index is 4690. The van der Waals surface area contributed by atoms with Crippen molar-refractivity contribution in [2.45, 2.75) is 0 Å². The molecule has 0 amide bonds. The molecular formula is C72H49N11. The highest BCUT2D eigenvalue weighted by Gasteiger charge is 2.32. The number of aromatic nitrogens is 10. The third-order valence-electron chi connectivity index (χ3n) is 15.3. The fraction of sp³-hybridized carbons (Fsp3) is 0.0139. The second kappa shape index (κ2) is 21.0. The smallest absolute Gasteiger partial charge is 0.208 e. The first kappa shape index (κ1) is 48.7. The van der Waals surface area contributed by atoms with Crippen LogP contribution in [0.5, 0.6) is 0 Å². The van der Waals surface area contributed by atoms with Crippen molar-refractivity contribution in [3.8, 4) is 112 Å². The molecule has 0 radical (unpaired) electrons. The summed E-state index contributed by atoms with van der Waals surface area (Å²) >= 11 is 0. The normalized spacial score (nSPS) is 12.1. The topological polar surface area (TPSA) is 141 Å². The molecule has 0 saturated heterocycles. The molecule has 8 heterocycles. The van der Waals surface area contributed by atoms with E-state index in [1.54, 1.807) is 18.6 Å². The Balaban J connectivity index is 0.976. The van der Waals surface area contributed by atoms with Crippen molar-refractivity contribution in [1.29, 1.82) is 0 Å². The maximum atomic E-state index is 5.66. The van der Waals surface area contributed by atoms with Gasteiger partial charge in [-0.05, 0) is 112 Å². The molecule has 3 N–H and O–H groups in total. The lowest BCUT2D eigenvalue weighted by Crippen LogP contribution is -2.25. The summed E-state index contributed by atoms with van der Waals surface area (Å²) in [4.78, 5) is 49.6. The van der Waals surface area contributed by atoms with Crippen LogP contribution in [-0.2, 0) is 0 Å². The van der Waals surface area contributed by atoms with Gasteiger partial charge >= 0.3 is 0 Å². The highest BCUT2D eigenvalue weighted by atomic mass is 15.3. The summed E-state index contributed by atoms with van der Waals surface area (Å²) < 4.78 is 0. The van der Waals surface area contributed by atoms with Gasteiger partial charge in [0, 0.05) is 98.8 Å². The summed E-state index contributed by atoms with van der Waals surface area (Å²) in [7, 11) is 0. The predicted octanol–water partition coefficient (Wildman–Crippen LogP) is 17.0. The van der Waals surface area contributed by atoms with Crippen molar-refractivity contribution in [3.63, 3.8) is 0 Å². The van der Waals surface area contributed by atoms with Crippen LogP contribution in [0.2, 0.25) is 0 Å². The van der Waals surface area contributed by atoms with Crippen molar-refractivity contribution >= 4 is 34.2 Å². The van der Waals surface area contributed by atoms with Gasteiger partial charge in [0.15, 0.2) is 0 Å². The standard InChI is InChI=1S/C72H49N11/c1-4-17-46(18-5-1)49-23-10-26-52(37-49)63-66(55-29-13-33-73-42-55)78-70(77-63)58-40-60-61(71-79-64(67(80-71)56-30-14-34-74-43-56)53-27-11-24-50(38-53)47-19-6-2-7-20-47)41-62-59(32-16-36-76-62)69(60)83(45-58)72-81-65(68(82-72)57-31-15-35-75-44-57)54-28-12-25-51(39-54)48-21-8-3-9-22-48/h1-44H,45H2,(H,77,78)(H,79,80)(H,81,82). The Kier molecular flexibility index (Phi) is 12.3. The summed E-state index contributed by atoms with van der Waals surface area (Å²) in [5, 5.41) is 0.942. The molecule has 392 valence electrons. The number of aromatic amines is 3. The summed E-state index contributed by atoms with van der Waals surface area (Å²) in [6.45, 7) is 0.365. The number of nitrogens with one attached hydrogen (secondary N) is 3. The van der Waals surface area contributed by atoms with Crippen molar-refractivity contribution in [2.24, 2.45) is 0 Å². The maximum absolute atomic E-state index is 5.66. The van der Waals surface area contributed by atoms with Gasteiger partial charge in [-0.3, -0.25) is 19.9 Å². The molecule has 0 unspecified atom stereocenters. The number of benzene rings is 7. The molecule has 11 nitrogen and oxygen atoms in total. The summed E-state index contributed by atoms with van der Waals surface area (Å²) in [6.07, 6.45) is 15.1. The fourth-order valence-corrected chi connectivity index (χ4v) is 11.4. The quantitative estimate of drug-likeness (QED) is 0.110. The van der Waals surface area contributed by atoms with Gasteiger partial charge in [-0.2, -0.15) is 0 Å². The van der Waals surface area contributed by atoms with Gasteiger partial charge in [-0.1, -0.05) is 146 Å². The van der Waals surface area contributed by atoms with E-state index in [1.165, 1.54) is 0 Å². The van der Waals surface area contributed by atoms with E-state index in [-0.39, 0.29) is 0 Å². The molecule has 11 heteroatoms. The molecule has 0 bridgehead atoms. The summed E-state index contributed by atoms with van der Waals surface area (Å²) in [6, 6.07) is 75.4. The molecule has 7 aromatic carbocycles. The van der Waals surface area contributed by atoms with Gasteiger partial charge in [-0.25, -0.2) is 15.0 Å². The fourth-order valence-electron chi connectivity index (χ4n) is 11.4. The number of fused-ring (bicyclic) bond motifs is 3. The molecule has 1 aliphatic rings. The minimum absolute atomic E-state index is 0.365. The van der Waals surface area contributed by atoms with E-state index in [0.29, 0.717) is 24.1 Å². The third kappa shape index (κ3) is 9.23. The SMILES string of the molecule is C1=C(c2nc(-c3cccc(-c4ccccc4)c3)c(-c3cccnc3)[nH]2)CN(c2nc(-c3cccc(-c4ccccc4)c3)c(-c3cccnc3)[nH]2)c2c1c(-c1nc(-c3cccc(-c4ccccc4)c3)c(-c3cccnc3)[nH]1)cc1ncccc21. The predicted molar refractivity (Wildman–Crippen MR) is 334 cm³/mol. The van der Waals surface area contributed by atoms with Crippen molar-refractivity contribution in [3.05, 3.63) is 273 Å². The van der Waals surface area contributed by atoms with Crippen LogP contribution < -0.4 is 4.90 Å². The number of anilines is 2. The largest absolute Gasteiger partial charge is 0.338 e. The average molecular weight is 1070 g/mol. The Morgan fingerprint density at radius 2 is 0.771 bits per heavy atom. The van der Waals surface area contributed by atoms with Crippen LogP contribution in [-0.4, -0.2) is 56.4 Å². The second-order valence-corrected chi connectivity index (χ2v) is 20.5. The Hall–Kier alpha value is -11.4. The Morgan fingerprint density at radius 3 is 1.27 bits per heavy atom. The highest BCUT2D eigenvalue weighted by Crippen LogP contribution is 2.48. The minimum Gasteiger partial charge on any atom is -0.338 e. The second-order valence-electron chi connectivity index (χ2n) is 20.5. The van der Waals surface area contributed by atoms with Crippen molar-refractivity contribution < 1.29 is 0 Å². The molecule has 15 rings (SSSR count). The van der Waals surface area contributed by atoms with Gasteiger partial charge in [0.1, 0.15) is 11.6 Å². The molecule has 7 aromatic heterocycles. The number of H-pyrrole nitrogens is 3. The maximum Gasteiger partial charge on any atom is 0.208 e. The van der Waals surface area contributed by atoms with Gasteiger partial charge in [0.05, 0.1) is 51.9 Å². The molecule has 14 aromatic rings. The van der Waals surface area contributed by atoms with Crippen molar-refractivity contribution in [1.82, 2.24) is 49.8 Å². The van der Waals surface area contributed by atoms with Gasteiger partial charge in [0.2, 0.25) is 5.95 Å². The number of hydrogen-bond acceptors (Lipinski definition) is 8. The summed E-state index contributed by atoms with van der Waals surface area (Å²) in [5.41, 5.74) is 21.5. The number of imidazole rings is 3. The van der Waals surface area contributed by atoms with Crippen LogP contribution in [0.1, 0.15) is 11.4 Å². The van der Waals surface area contributed by atoms with Crippen LogP contribution in [0.4, 0.5) is 11.6 Å². The van der Waals surface area contributed by atoms with E-state index < -0.39 is 0 Å². The van der Waals surface area contributed by atoms with E-state index in [1.807, 2.05) is 67.3 Å². The van der Waals surface area contributed by atoms with Gasteiger partial charge in [-0.15, -0.1) is 0 Å². The zero-order valence-corrected chi connectivity index (χ0v) is 44.7. The van der Waals surface area contributed by atoms with E-state index >= 15 is 0 Å². The lowest BCUT2D eigenvalue weighted by molar-refractivity contribution is 1.02. The average Bonchev–Trinajstić information content (AvgIpc) is 4.27. The van der Waals surface area contributed by atoms with Gasteiger partial charge in [0.25, 0.3) is 0 Å². The van der Waals surface area contributed by atoms with Crippen LogP contribution in [0, 0.1) is 0 Å². The van der Waals surface area contributed by atoms with Gasteiger partial charge < -0.3 is 19.9 Å². The molecule has 0 spiro atoms. The zero-order chi connectivity index (χ0) is 55.1. The number of nitrogens with zero attached hydrogens (tertiary/aromatic N) is 8. The minimum atomic E-state index is 0.365. The summed E-state index contributed by atoms with van der Waals surface area (Å²) in [5.74, 6) is 1.98. The lowest BCUT2D eigenvalue weighted by Gasteiger charge is -2.31. The van der Waals surface area contributed by atoms with Crippen molar-refractivity contribution in [2.75, 3.05) is 11.4 Å². The third-order valence-corrected chi connectivity index (χ3v) is 15.3.